The summed E-state index contributed by atoms with van der Waals surface area (Å²) in [6.45, 7) is -1.77. The Hall–Kier alpha value is -11.3. The molecule has 0 radical (unpaired) electrons. The first kappa shape index (κ1) is 69.0. The van der Waals surface area contributed by atoms with Gasteiger partial charge in [0, 0.05) is 78.8 Å². The van der Waals surface area contributed by atoms with Crippen molar-refractivity contribution in [2.75, 3.05) is 42.1 Å². The van der Waals surface area contributed by atoms with E-state index in [0.717, 1.165) is 11.8 Å². The highest BCUT2D eigenvalue weighted by atomic mass is 32.2. The Labute approximate surface area is 545 Å². The van der Waals surface area contributed by atoms with Gasteiger partial charge >= 0.3 is 23.9 Å². The number of imide groups is 1. The van der Waals surface area contributed by atoms with E-state index in [-0.39, 0.29) is 92.8 Å². The van der Waals surface area contributed by atoms with Gasteiger partial charge in [-0.15, -0.1) is 11.8 Å². The van der Waals surface area contributed by atoms with E-state index in [1.807, 2.05) is 0 Å². The lowest BCUT2D eigenvalue weighted by molar-refractivity contribution is -0.206. The van der Waals surface area contributed by atoms with Gasteiger partial charge in [0.05, 0.1) is 65.4 Å². The van der Waals surface area contributed by atoms with E-state index < -0.39 is 175 Å². The van der Waals surface area contributed by atoms with E-state index in [4.69, 9.17) is 20.0 Å². The summed E-state index contributed by atoms with van der Waals surface area (Å²) in [5.74, 6) is -18.4. The molecule has 2 saturated heterocycles. The van der Waals surface area contributed by atoms with Crippen LogP contribution in [0.25, 0.3) is 10.9 Å². The Morgan fingerprint density at radius 3 is 2.19 bits per heavy atom. The van der Waals surface area contributed by atoms with Crippen molar-refractivity contribution < 1.29 is 106 Å². The van der Waals surface area contributed by atoms with Gasteiger partial charge in [0.15, 0.2) is 5.60 Å². The van der Waals surface area contributed by atoms with Crippen LogP contribution in [0.3, 0.4) is 0 Å². The third kappa shape index (κ3) is 15.0. The maximum Gasteiger partial charge on any atom is 0.340 e. The molecular formula is C62H59F2N11O20S. The van der Waals surface area contributed by atoms with Crippen molar-refractivity contribution in [3.8, 4) is 29.1 Å². The average molecular weight is 1350 g/mol. The van der Waals surface area contributed by atoms with E-state index in [0.29, 0.717) is 27.8 Å². The third-order valence-corrected chi connectivity index (χ3v) is 16.9. The van der Waals surface area contributed by atoms with E-state index in [1.165, 1.54) is 85.1 Å². The molecule has 1 aromatic heterocycles. The van der Waals surface area contributed by atoms with Gasteiger partial charge in [-0.25, -0.2) is 23.3 Å². The Morgan fingerprint density at radius 2 is 1.53 bits per heavy atom. The van der Waals surface area contributed by atoms with Crippen LogP contribution in [-0.4, -0.2) is 180 Å². The highest BCUT2D eigenvalue weighted by Gasteiger charge is 2.55. The number of phenolic OH excluding ortho intramolecular Hbond substituents is 2. The largest absolute Gasteiger partial charge is 0.508 e. The van der Waals surface area contributed by atoms with Gasteiger partial charge in [0.25, 0.3) is 17.7 Å². The number of carbonyl (C=O) groups is 13. The summed E-state index contributed by atoms with van der Waals surface area (Å²) in [6, 6.07) is 12.4. The number of hydrogen-bond donors (Lipinski definition) is 10. The molecule has 31 nitrogen and oxygen atoms in total. The number of fused-ring (bicyclic) bond motifs is 7. The van der Waals surface area contributed by atoms with Gasteiger partial charge in [-0.2, -0.15) is 10.3 Å². The molecule has 5 aromatic rings. The number of unbranched alkanes of at least 4 members (excludes halogenated alkanes) is 1. The smallest absolute Gasteiger partial charge is 0.340 e. The van der Waals surface area contributed by atoms with Crippen LogP contribution >= 0.6 is 11.8 Å². The molecule has 0 saturated carbocycles. The quantitative estimate of drug-likeness (QED) is 0.0173. The summed E-state index contributed by atoms with van der Waals surface area (Å²) in [4.78, 5) is 184. The van der Waals surface area contributed by atoms with Crippen LogP contribution in [0.15, 0.2) is 85.1 Å². The number of alkyl halides is 2. The number of para-hydroxylation sites is 1. The topological polar surface area (TPSA) is 463 Å². The van der Waals surface area contributed by atoms with Gasteiger partial charge in [0.2, 0.25) is 41.4 Å². The lowest BCUT2D eigenvalue weighted by atomic mass is 9.77. The number of likely N-dealkylation sites (tertiary alicyclic amines) is 1. The second kappa shape index (κ2) is 28.9. The van der Waals surface area contributed by atoms with Crippen molar-refractivity contribution in [3.05, 3.63) is 113 Å². The van der Waals surface area contributed by atoms with Gasteiger partial charge < -0.3 is 72.0 Å². The molecule has 0 bridgehead atoms. The fourth-order valence-electron chi connectivity index (χ4n) is 11.2. The number of phenols is 2. The van der Waals surface area contributed by atoms with Gasteiger partial charge in [0.1, 0.15) is 47.2 Å². The summed E-state index contributed by atoms with van der Waals surface area (Å²) < 4.78 is 39.9. The zero-order valence-corrected chi connectivity index (χ0v) is 51.3. The van der Waals surface area contributed by atoms with Crippen LogP contribution in [-0.2, 0) is 67.9 Å². The molecule has 4 aliphatic heterocycles. The zero-order chi connectivity index (χ0) is 69.5. The number of rotatable bonds is 25. The number of carboxylic acids is 2. The van der Waals surface area contributed by atoms with Gasteiger partial charge in [-0.05, 0) is 74.3 Å². The molecule has 5 atom stereocenters. The van der Waals surface area contributed by atoms with E-state index in [9.17, 15) is 96.8 Å². The number of pyridine rings is 1. The fourth-order valence-corrected chi connectivity index (χ4v) is 12.4. The first-order valence-corrected chi connectivity index (χ1v) is 30.4. The van der Waals surface area contributed by atoms with Gasteiger partial charge in [-0.3, -0.25) is 57.7 Å². The molecule has 3 unspecified atom stereocenters. The maximum absolute atomic E-state index is 14.2. The summed E-state index contributed by atoms with van der Waals surface area (Å²) in [5.41, 5.74) is 4.89. The molecular weight excluding hydrogens is 1290 g/mol. The molecule has 502 valence electrons. The Balaban J connectivity index is 0.805. The summed E-state index contributed by atoms with van der Waals surface area (Å²) >= 11 is 0.638. The van der Waals surface area contributed by atoms with Crippen molar-refractivity contribution in [1.29, 1.82) is 5.26 Å². The number of aromatic nitrogens is 1. The predicted molar refractivity (Wildman–Crippen MR) is 326 cm³/mol. The number of aromatic hydroxyl groups is 2. The number of nitrogens with zero attached hydrogens (tertiary/aromatic N) is 5. The van der Waals surface area contributed by atoms with Crippen LogP contribution in [0.4, 0.5) is 20.2 Å². The number of hydrogen-bond acceptors (Lipinski definition) is 22. The Bertz CT molecular complexity index is 4060. The number of anilines is 2. The number of carbonyl (C=O) groups excluding carboxylic acids is 11. The number of halogens is 2. The molecule has 96 heavy (non-hydrogen) atoms. The molecule has 4 aliphatic rings. The minimum absolute atomic E-state index is 0.0260. The number of amides is 9. The van der Waals surface area contributed by atoms with Crippen LogP contribution in [0.1, 0.15) is 95.7 Å². The SMILES string of the molecule is CC(=O)ON(C(=O)CNC(=O)CCC(=O)Nc1cccc2c(C(=O)NCC(=O)N3CC(F)(F)C[C@H]3C#N)ccnc12)C(CCCCN)C(=O)N[C@@H](CC(=O)O)C(=O)NC(CSC1CC(=O)N(c2ccc3c(c2)C(=O)OC32c3ccc(O)cc3Oc3cc(O)ccc32)C1=O)C(=O)O. The zero-order valence-electron chi connectivity index (χ0n) is 50.5. The lowest BCUT2D eigenvalue weighted by Gasteiger charge is -2.36. The monoisotopic (exact) mass is 1350 g/mol. The highest BCUT2D eigenvalue weighted by molar-refractivity contribution is 8.00. The summed E-state index contributed by atoms with van der Waals surface area (Å²) in [7, 11) is 0. The second-order valence-corrected chi connectivity index (χ2v) is 23.5. The van der Waals surface area contributed by atoms with Crippen LogP contribution in [0, 0.1) is 11.3 Å². The molecule has 5 heterocycles. The number of thioether (sulfide) groups is 1. The number of aliphatic carboxylic acids is 2. The minimum atomic E-state index is -3.28. The van der Waals surface area contributed by atoms with Crippen molar-refractivity contribution >= 4 is 111 Å². The number of esters is 1. The predicted octanol–water partition coefficient (Wildman–Crippen LogP) is 1.94. The average Bonchev–Trinajstić information content (AvgIpc) is 1.47. The van der Waals surface area contributed by atoms with Crippen molar-refractivity contribution in [2.24, 2.45) is 5.73 Å². The number of nitrogens with two attached hydrogens (primary N) is 1. The van der Waals surface area contributed by atoms with Crippen LogP contribution in [0.2, 0.25) is 0 Å². The molecule has 34 heteroatoms. The standard InChI is InChI=1S/C62H59F2N11O20S/c1-30(76)95-75(52(83)27-68-48(79)14-15-49(80)70-41-6-4-5-35-36(16-18-67-54(35)41)55(86)69-26-51(82)73-29-61(63,64)24-32(73)25-66)44(7-2-3-17-65)57(88)71-42(22-53(84)85)56(87)72-43(59(90)91)28-96-47-23-50(81)74(58(47)89)31-8-11-38-37(19-31)60(92)94-62(38)39-12-9-33(77)20-45(39)93-46-21-34(78)10-13-40(46)62/h4-6,8-13,16,18-21,32,42-44,47,77-78H,2-3,7,14-15,17,22-24,26-29,65H2,1H3,(H,68,79)(H,69,86)(H,70,80)(H,71,88)(H,72,87)(H,84,85)(H,90,91)/t32-,42-,43?,44?,47?/m0/s1. The number of hydroxylamine groups is 2. The van der Waals surface area contributed by atoms with E-state index in [2.05, 4.69) is 31.6 Å². The van der Waals surface area contributed by atoms with E-state index >= 15 is 0 Å². The van der Waals surface area contributed by atoms with E-state index in [1.54, 1.807) is 6.07 Å². The molecule has 1 spiro atoms. The highest BCUT2D eigenvalue weighted by Crippen LogP contribution is 2.57. The molecule has 11 N–H and O–H groups in total. The number of ether oxygens (including phenoxy) is 2. The number of carboxylic acid groups (broad SMARTS) is 2. The molecule has 9 amide bonds. The molecule has 2 fully saturated rings. The lowest BCUT2D eigenvalue weighted by Crippen LogP contribution is -2.58. The van der Waals surface area contributed by atoms with Crippen molar-refractivity contribution in [1.82, 2.24) is 36.2 Å². The maximum atomic E-state index is 14.2. The molecule has 0 aliphatic carbocycles. The number of nitriles is 1. The summed E-state index contributed by atoms with van der Waals surface area (Å²) in [6.07, 6.45) is -2.49. The minimum Gasteiger partial charge on any atom is -0.508 e. The fraction of sp³-hybridized carbons (Fsp3) is 0.339. The number of benzene rings is 4. The molecule has 9 rings (SSSR count). The van der Waals surface area contributed by atoms with Crippen LogP contribution < -0.4 is 42.0 Å². The van der Waals surface area contributed by atoms with Crippen molar-refractivity contribution in [3.63, 3.8) is 0 Å². The third-order valence-electron chi connectivity index (χ3n) is 15.6. The first-order chi connectivity index (χ1) is 45.6. The summed E-state index contributed by atoms with van der Waals surface area (Å²) in [5, 5.41) is 60.6. The van der Waals surface area contributed by atoms with Crippen molar-refractivity contribution in [2.45, 2.75) is 99.2 Å². The second-order valence-electron chi connectivity index (χ2n) is 22.3. The normalized spacial score (nSPS) is 17.1. The molecule has 4 aromatic carbocycles. The number of nitrogens with one attached hydrogen (secondary N) is 5. The Morgan fingerprint density at radius 1 is 0.854 bits per heavy atom. The van der Waals surface area contributed by atoms with Gasteiger partial charge in [-0.1, -0.05) is 18.2 Å². The van der Waals surface area contributed by atoms with Crippen LogP contribution in [0.5, 0.6) is 23.0 Å². The first-order valence-electron chi connectivity index (χ1n) is 29.4. The Kier molecular flexibility index (Phi) is 20.8.